The molecule has 0 unspecified atom stereocenters. The minimum Gasteiger partial charge on any atom is -0.507 e. The Balaban J connectivity index is 2.00. The maximum Gasteiger partial charge on any atom is 0.377 e. The van der Waals surface area contributed by atoms with Crippen molar-refractivity contribution in [1.29, 1.82) is 0 Å². The van der Waals surface area contributed by atoms with Gasteiger partial charge >= 0.3 is 5.97 Å². The molecule has 138 valence electrons. The highest BCUT2D eigenvalue weighted by atomic mass is 16.5. The third kappa shape index (κ3) is 3.45. The summed E-state index contributed by atoms with van der Waals surface area (Å²) in [6.45, 7) is 0. The van der Waals surface area contributed by atoms with Crippen LogP contribution >= 0.6 is 0 Å². The van der Waals surface area contributed by atoms with Crippen molar-refractivity contribution in [3.63, 3.8) is 0 Å². The van der Waals surface area contributed by atoms with E-state index in [4.69, 9.17) is 19.3 Å². The first-order chi connectivity index (χ1) is 12.9. The summed E-state index contributed by atoms with van der Waals surface area (Å²) in [5.74, 6) is -1.69. The standard InChI is InChI=1S/C19H15NO7/c1-25-16-8-12-13(9-17(16)26-2)20-6-5-15(12)27-10-3-4-11(14(21)7-10)18(22)19(23)24/h3-9,21H,1-2H3,(H,23,24). The predicted octanol–water partition coefficient (Wildman–Crippen LogP) is 3.02. The summed E-state index contributed by atoms with van der Waals surface area (Å²) in [5, 5.41) is 19.3. The quantitative estimate of drug-likeness (QED) is 0.503. The number of aromatic nitrogens is 1. The topological polar surface area (TPSA) is 115 Å². The molecule has 0 bridgehead atoms. The maximum atomic E-state index is 11.5. The van der Waals surface area contributed by atoms with Crippen molar-refractivity contribution in [3.05, 3.63) is 48.2 Å². The molecule has 3 aromatic rings. The van der Waals surface area contributed by atoms with Crippen molar-refractivity contribution in [3.8, 4) is 28.7 Å². The van der Waals surface area contributed by atoms with E-state index in [1.165, 1.54) is 32.4 Å². The summed E-state index contributed by atoms with van der Waals surface area (Å²) in [7, 11) is 3.03. The van der Waals surface area contributed by atoms with E-state index in [0.717, 1.165) is 0 Å². The number of hydrogen-bond donors (Lipinski definition) is 2. The van der Waals surface area contributed by atoms with E-state index in [9.17, 15) is 14.7 Å². The summed E-state index contributed by atoms with van der Waals surface area (Å²) < 4.78 is 16.3. The van der Waals surface area contributed by atoms with E-state index in [1.807, 2.05) is 0 Å². The van der Waals surface area contributed by atoms with Crippen LogP contribution in [0.4, 0.5) is 0 Å². The fraction of sp³-hybridized carbons (Fsp3) is 0.105. The van der Waals surface area contributed by atoms with Crippen molar-refractivity contribution in [1.82, 2.24) is 4.98 Å². The van der Waals surface area contributed by atoms with E-state index in [0.29, 0.717) is 28.2 Å². The van der Waals surface area contributed by atoms with Crippen LogP contribution < -0.4 is 14.2 Å². The fourth-order valence-electron chi connectivity index (χ4n) is 2.55. The molecule has 0 aliphatic rings. The van der Waals surface area contributed by atoms with Gasteiger partial charge in [0.15, 0.2) is 11.5 Å². The van der Waals surface area contributed by atoms with Crippen LogP contribution in [0.5, 0.6) is 28.7 Å². The van der Waals surface area contributed by atoms with E-state index in [1.54, 1.807) is 24.4 Å². The minimum atomic E-state index is -1.65. The Morgan fingerprint density at radius 3 is 2.30 bits per heavy atom. The zero-order valence-corrected chi connectivity index (χ0v) is 14.4. The Labute approximate surface area is 153 Å². The molecule has 2 aromatic carbocycles. The van der Waals surface area contributed by atoms with Gasteiger partial charge in [-0.15, -0.1) is 0 Å². The lowest BCUT2D eigenvalue weighted by atomic mass is 10.1. The number of ether oxygens (including phenoxy) is 3. The molecule has 1 heterocycles. The van der Waals surface area contributed by atoms with Gasteiger partial charge in [0.05, 0.1) is 25.3 Å². The molecule has 0 amide bonds. The minimum absolute atomic E-state index is 0.219. The molecule has 1 aromatic heterocycles. The van der Waals surface area contributed by atoms with Crippen molar-refractivity contribution >= 4 is 22.7 Å². The largest absolute Gasteiger partial charge is 0.507 e. The van der Waals surface area contributed by atoms with Crippen LogP contribution in [0, 0.1) is 0 Å². The molecule has 27 heavy (non-hydrogen) atoms. The number of aliphatic carboxylic acids is 1. The molecule has 0 fully saturated rings. The van der Waals surface area contributed by atoms with Gasteiger partial charge in [-0.2, -0.15) is 0 Å². The number of Topliss-reactive ketones (excluding diaryl/α,β-unsaturated/α-hetero) is 1. The lowest BCUT2D eigenvalue weighted by Crippen LogP contribution is -2.12. The van der Waals surface area contributed by atoms with Crippen LogP contribution in [0.15, 0.2) is 42.6 Å². The van der Waals surface area contributed by atoms with E-state index in [-0.39, 0.29) is 11.3 Å². The summed E-state index contributed by atoms with van der Waals surface area (Å²) in [6.07, 6.45) is 1.55. The highest BCUT2D eigenvalue weighted by Crippen LogP contribution is 2.37. The number of carboxylic acid groups (broad SMARTS) is 1. The second-order valence-corrected chi connectivity index (χ2v) is 5.45. The molecule has 0 atom stereocenters. The molecular formula is C19H15NO7. The van der Waals surface area contributed by atoms with Gasteiger partial charge in [-0.25, -0.2) is 4.79 Å². The zero-order valence-electron chi connectivity index (χ0n) is 14.4. The summed E-state index contributed by atoms with van der Waals surface area (Å²) in [5.41, 5.74) is 0.285. The molecule has 0 saturated carbocycles. The number of phenolic OH excluding ortho intramolecular Hbond substituents is 1. The first-order valence-electron chi connectivity index (χ1n) is 7.74. The molecule has 0 radical (unpaired) electrons. The Kier molecular flexibility index (Phi) is 4.80. The van der Waals surface area contributed by atoms with Gasteiger partial charge in [-0.05, 0) is 24.3 Å². The van der Waals surface area contributed by atoms with Crippen LogP contribution in [0.1, 0.15) is 10.4 Å². The normalized spacial score (nSPS) is 10.4. The van der Waals surface area contributed by atoms with E-state index >= 15 is 0 Å². The van der Waals surface area contributed by atoms with Crippen molar-refractivity contribution in [2.75, 3.05) is 14.2 Å². The number of fused-ring (bicyclic) bond motifs is 1. The molecule has 0 spiro atoms. The van der Waals surface area contributed by atoms with Gasteiger partial charge < -0.3 is 24.4 Å². The van der Waals surface area contributed by atoms with Gasteiger partial charge in [0, 0.05) is 23.7 Å². The highest BCUT2D eigenvalue weighted by Gasteiger charge is 2.19. The molecule has 8 nitrogen and oxygen atoms in total. The van der Waals surface area contributed by atoms with Gasteiger partial charge in [0.2, 0.25) is 0 Å². The Morgan fingerprint density at radius 2 is 1.67 bits per heavy atom. The average molecular weight is 369 g/mol. The second-order valence-electron chi connectivity index (χ2n) is 5.45. The van der Waals surface area contributed by atoms with Crippen molar-refractivity contribution in [2.45, 2.75) is 0 Å². The number of hydrogen-bond acceptors (Lipinski definition) is 7. The summed E-state index contributed by atoms with van der Waals surface area (Å²) in [4.78, 5) is 26.5. The smallest absolute Gasteiger partial charge is 0.377 e. The molecule has 0 aliphatic carbocycles. The number of nitrogens with zero attached hydrogens (tertiary/aromatic N) is 1. The Morgan fingerprint density at radius 1 is 0.963 bits per heavy atom. The molecular weight excluding hydrogens is 354 g/mol. The maximum absolute atomic E-state index is 11.5. The Hall–Kier alpha value is -3.81. The van der Waals surface area contributed by atoms with Crippen molar-refractivity contribution in [2.24, 2.45) is 0 Å². The monoisotopic (exact) mass is 369 g/mol. The molecule has 0 aliphatic heterocycles. The summed E-state index contributed by atoms with van der Waals surface area (Å²) in [6, 6.07) is 8.79. The number of ketones is 1. The Bertz CT molecular complexity index is 1050. The van der Waals surface area contributed by atoms with Crippen molar-refractivity contribution < 1.29 is 34.0 Å². The van der Waals surface area contributed by atoms with Crippen LogP contribution in [0.2, 0.25) is 0 Å². The van der Waals surface area contributed by atoms with Gasteiger partial charge in [-0.1, -0.05) is 0 Å². The van der Waals surface area contributed by atoms with Crippen LogP contribution in [0.25, 0.3) is 10.9 Å². The molecule has 2 N–H and O–H groups in total. The first-order valence-corrected chi connectivity index (χ1v) is 7.74. The number of rotatable bonds is 6. The number of methoxy groups -OCH3 is 2. The number of phenols is 1. The predicted molar refractivity (Wildman–Crippen MR) is 95.0 cm³/mol. The van der Waals surface area contributed by atoms with Crippen LogP contribution in [-0.4, -0.2) is 41.2 Å². The lowest BCUT2D eigenvalue weighted by molar-refractivity contribution is -0.131. The number of benzene rings is 2. The number of carbonyl (C=O) groups excluding carboxylic acids is 1. The highest BCUT2D eigenvalue weighted by molar-refractivity contribution is 6.40. The second kappa shape index (κ2) is 7.20. The molecule has 8 heteroatoms. The molecule has 0 saturated heterocycles. The van der Waals surface area contributed by atoms with Gasteiger partial charge in [-0.3, -0.25) is 9.78 Å². The number of carboxylic acids is 1. The first kappa shape index (κ1) is 18.0. The zero-order chi connectivity index (χ0) is 19.6. The van der Waals surface area contributed by atoms with Gasteiger partial charge in [0.25, 0.3) is 5.78 Å². The van der Waals surface area contributed by atoms with E-state index in [2.05, 4.69) is 4.98 Å². The van der Waals surface area contributed by atoms with E-state index < -0.39 is 17.5 Å². The van der Waals surface area contributed by atoms with Gasteiger partial charge in [0.1, 0.15) is 17.2 Å². The lowest BCUT2D eigenvalue weighted by Gasteiger charge is -2.12. The van der Waals surface area contributed by atoms with Crippen LogP contribution in [0.3, 0.4) is 0 Å². The summed E-state index contributed by atoms with van der Waals surface area (Å²) >= 11 is 0. The van der Waals surface area contributed by atoms with Crippen LogP contribution in [-0.2, 0) is 4.79 Å². The number of aromatic hydroxyl groups is 1. The average Bonchev–Trinajstić information content (AvgIpc) is 2.66. The molecule has 3 rings (SSSR count). The third-order valence-electron chi connectivity index (χ3n) is 3.84. The SMILES string of the molecule is COc1cc2nccc(Oc3ccc(C(=O)C(=O)O)c(O)c3)c2cc1OC. The fourth-order valence-corrected chi connectivity index (χ4v) is 2.55. The number of carbonyl (C=O) groups is 2. The third-order valence-corrected chi connectivity index (χ3v) is 3.84. The number of pyridine rings is 1.